The van der Waals surface area contributed by atoms with Crippen LogP contribution in [0.2, 0.25) is 0 Å². The van der Waals surface area contributed by atoms with Crippen molar-refractivity contribution in [3.05, 3.63) is 107 Å². The monoisotopic (exact) mass is 471 g/mol. The second-order valence-electron chi connectivity index (χ2n) is 8.78. The first-order valence-corrected chi connectivity index (χ1v) is 11.6. The molecule has 0 bridgehead atoms. The van der Waals surface area contributed by atoms with Crippen LogP contribution >= 0.6 is 12.2 Å². The van der Waals surface area contributed by atoms with E-state index in [1.54, 1.807) is 19.2 Å². The third-order valence-electron chi connectivity index (χ3n) is 6.44. The van der Waals surface area contributed by atoms with Crippen molar-refractivity contribution in [2.24, 2.45) is 0 Å². The van der Waals surface area contributed by atoms with Crippen LogP contribution in [0.4, 0.5) is 10.1 Å². The number of aryl methyl sites for hydroxylation is 3. The average Bonchev–Trinajstić information content (AvgIpc) is 3.31. The Kier molecular flexibility index (Phi) is 5.65. The van der Waals surface area contributed by atoms with Gasteiger partial charge in [0.15, 0.2) is 5.11 Å². The van der Waals surface area contributed by atoms with Gasteiger partial charge in [-0.05, 0) is 105 Å². The van der Waals surface area contributed by atoms with Gasteiger partial charge < -0.3 is 14.8 Å². The molecular weight excluding hydrogens is 445 g/mol. The molecule has 0 saturated carbocycles. The van der Waals surface area contributed by atoms with Crippen molar-refractivity contribution in [1.29, 1.82) is 0 Å². The standard InChI is InChI=1S/C27H26FN5S/c1-16-10-12-30-24(13-16)32-18(3)15-21(19(32)4)26-25(23-7-5-6-11-29-23)31-27(34)33(26)20-8-9-22(28)17(2)14-20/h5-15,25-26H,1-4H3,(H,31,34)/t25-,26+/m0/s1. The lowest BCUT2D eigenvalue weighted by atomic mass is 9.96. The summed E-state index contributed by atoms with van der Waals surface area (Å²) in [5, 5.41) is 4.07. The van der Waals surface area contributed by atoms with Crippen LogP contribution in [-0.4, -0.2) is 19.6 Å². The maximum atomic E-state index is 14.1. The fourth-order valence-electron chi connectivity index (χ4n) is 4.81. The molecule has 1 fully saturated rings. The fourth-order valence-corrected chi connectivity index (χ4v) is 5.16. The normalized spacial score (nSPS) is 17.8. The van der Waals surface area contributed by atoms with E-state index >= 15 is 0 Å². The van der Waals surface area contributed by atoms with E-state index in [0.717, 1.165) is 39.7 Å². The summed E-state index contributed by atoms with van der Waals surface area (Å²) in [6, 6.07) is 17.0. The van der Waals surface area contributed by atoms with Gasteiger partial charge in [0.25, 0.3) is 0 Å². The van der Waals surface area contributed by atoms with Crippen molar-refractivity contribution >= 4 is 23.0 Å². The van der Waals surface area contributed by atoms with Crippen molar-refractivity contribution in [2.75, 3.05) is 4.90 Å². The predicted octanol–water partition coefficient (Wildman–Crippen LogP) is 5.82. The smallest absolute Gasteiger partial charge is 0.174 e. The molecular formula is C27H26FN5S. The van der Waals surface area contributed by atoms with Crippen molar-refractivity contribution < 1.29 is 4.39 Å². The zero-order valence-corrected chi connectivity index (χ0v) is 20.4. The minimum Gasteiger partial charge on any atom is -0.351 e. The van der Waals surface area contributed by atoms with E-state index in [9.17, 15) is 4.39 Å². The first-order valence-electron chi connectivity index (χ1n) is 11.2. The van der Waals surface area contributed by atoms with Crippen LogP contribution in [0.3, 0.4) is 0 Å². The number of benzene rings is 1. The summed E-state index contributed by atoms with van der Waals surface area (Å²) in [6.07, 6.45) is 3.63. The van der Waals surface area contributed by atoms with Gasteiger partial charge in [0.1, 0.15) is 11.6 Å². The molecule has 0 spiro atoms. The van der Waals surface area contributed by atoms with E-state index in [1.165, 1.54) is 6.07 Å². The lowest BCUT2D eigenvalue weighted by Gasteiger charge is -2.28. The number of hydrogen-bond acceptors (Lipinski definition) is 3. The van der Waals surface area contributed by atoms with Crippen molar-refractivity contribution in [3.63, 3.8) is 0 Å². The number of halogens is 1. The number of hydrogen-bond donors (Lipinski definition) is 1. The molecule has 5 rings (SSSR count). The van der Waals surface area contributed by atoms with Crippen molar-refractivity contribution in [3.8, 4) is 5.82 Å². The highest BCUT2D eigenvalue weighted by Gasteiger charge is 2.42. The largest absolute Gasteiger partial charge is 0.351 e. The summed E-state index contributed by atoms with van der Waals surface area (Å²) >= 11 is 5.82. The van der Waals surface area contributed by atoms with E-state index in [0.29, 0.717) is 10.7 Å². The number of nitrogens with one attached hydrogen (secondary N) is 1. The Hall–Kier alpha value is -3.58. The molecule has 4 heterocycles. The zero-order chi connectivity index (χ0) is 24.0. The van der Waals surface area contributed by atoms with Crippen LogP contribution in [0.1, 0.15) is 45.9 Å². The van der Waals surface area contributed by atoms with Gasteiger partial charge >= 0.3 is 0 Å². The highest BCUT2D eigenvalue weighted by atomic mass is 32.1. The number of anilines is 1. The van der Waals surface area contributed by atoms with Gasteiger partial charge in [-0.25, -0.2) is 9.37 Å². The van der Waals surface area contributed by atoms with Gasteiger partial charge in [0, 0.05) is 29.5 Å². The highest BCUT2D eigenvalue weighted by Crippen LogP contribution is 2.43. The molecule has 1 N–H and O–H groups in total. The molecule has 4 aromatic rings. The minimum absolute atomic E-state index is 0.168. The first kappa shape index (κ1) is 22.2. The summed E-state index contributed by atoms with van der Waals surface area (Å²) in [4.78, 5) is 11.3. The molecule has 1 aliphatic rings. The predicted molar refractivity (Wildman–Crippen MR) is 137 cm³/mol. The molecule has 34 heavy (non-hydrogen) atoms. The number of thiocarbonyl (C=S) groups is 1. The summed E-state index contributed by atoms with van der Waals surface area (Å²) in [5.74, 6) is 0.650. The Morgan fingerprint density at radius 3 is 2.47 bits per heavy atom. The fraction of sp³-hybridized carbons (Fsp3) is 0.222. The van der Waals surface area contributed by atoms with E-state index < -0.39 is 0 Å². The van der Waals surface area contributed by atoms with Crippen LogP contribution in [0.15, 0.2) is 67.0 Å². The third kappa shape index (κ3) is 3.76. The summed E-state index contributed by atoms with van der Waals surface area (Å²) in [5.41, 5.74) is 6.75. The molecule has 0 radical (unpaired) electrons. The Morgan fingerprint density at radius 1 is 0.941 bits per heavy atom. The van der Waals surface area contributed by atoms with Crippen LogP contribution < -0.4 is 10.2 Å². The SMILES string of the molecule is Cc1ccnc(-n2c(C)cc([C@@H]3[C@H](c4ccccn4)NC(=S)N3c3ccc(F)c(C)c3)c2C)c1. The van der Waals surface area contributed by atoms with Gasteiger partial charge in [0.05, 0.1) is 17.8 Å². The highest BCUT2D eigenvalue weighted by molar-refractivity contribution is 7.80. The van der Waals surface area contributed by atoms with Gasteiger partial charge in [-0.3, -0.25) is 4.98 Å². The van der Waals surface area contributed by atoms with Crippen molar-refractivity contribution in [1.82, 2.24) is 19.9 Å². The van der Waals surface area contributed by atoms with Gasteiger partial charge in [-0.1, -0.05) is 6.07 Å². The minimum atomic E-state index is -0.233. The molecule has 3 aromatic heterocycles. The summed E-state index contributed by atoms with van der Waals surface area (Å²) in [6.45, 7) is 8.03. The molecule has 1 aliphatic heterocycles. The second kappa shape index (κ2) is 8.65. The molecule has 0 unspecified atom stereocenters. The Labute approximate surface area is 204 Å². The molecule has 1 saturated heterocycles. The Balaban J connectivity index is 1.69. The number of rotatable bonds is 4. The number of nitrogens with zero attached hydrogens (tertiary/aromatic N) is 4. The second-order valence-corrected chi connectivity index (χ2v) is 9.17. The molecule has 172 valence electrons. The van der Waals surface area contributed by atoms with Crippen LogP contribution in [0, 0.1) is 33.5 Å². The maximum Gasteiger partial charge on any atom is 0.174 e. The Morgan fingerprint density at radius 2 is 1.76 bits per heavy atom. The van der Waals surface area contributed by atoms with E-state index in [4.69, 9.17) is 12.2 Å². The lowest BCUT2D eigenvalue weighted by molar-refractivity contribution is 0.564. The van der Waals surface area contributed by atoms with Gasteiger partial charge in [-0.2, -0.15) is 0 Å². The first-order chi connectivity index (χ1) is 16.3. The van der Waals surface area contributed by atoms with E-state index in [2.05, 4.69) is 57.7 Å². The van der Waals surface area contributed by atoms with Crippen molar-refractivity contribution in [2.45, 2.75) is 39.8 Å². The quantitative estimate of drug-likeness (QED) is 0.380. The van der Waals surface area contributed by atoms with Crippen LogP contribution in [-0.2, 0) is 0 Å². The van der Waals surface area contributed by atoms with E-state index in [-0.39, 0.29) is 17.9 Å². The van der Waals surface area contributed by atoms with Gasteiger partial charge in [0.2, 0.25) is 0 Å². The topological polar surface area (TPSA) is 46.0 Å². The molecule has 1 aromatic carbocycles. The van der Waals surface area contributed by atoms with Crippen LogP contribution in [0.5, 0.6) is 0 Å². The molecule has 7 heteroatoms. The number of aromatic nitrogens is 3. The summed E-state index contributed by atoms with van der Waals surface area (Å²) < 4.78 is 16.3. The molecule has 0 aliphatic carbocycles. The maximum absolute atomic E-state index is 14.1. The molecule has 0 amide bonds. The lowest BCUT2D eigenvalue weighted by Crippen LogP contribution is -2.29. The summed E-state index contributed by atoms with van der Waals surface area (Å²) in [7, 11) is 0. The third-order valence-corrected chi connectivity index (χ3v) is 6.75. The molecule has 5 nitrogen and oxygen atoms in total. The molecule has 2 atom stereocenters. The van der Waals surface area contributed by atoms with E-state index in [1.807, 2.05) is 36.5 Å². The Bertz CT molecular complexity index is 1380. The average molecular weight is 472 g/mol. The van der Waals surface area contributed by atoms with Crippen LogP contribution in [0.25, 0.3) is 5.82 Å². The van der Waals surface area contributed by atoms with Gasteiger partial charge in [-0.15, -0.1) is 0 Å². The zero-order valence-electron chi connectivity index (χ0n) is 19.6. The number of pyridine rings is 2.